The fraction of sp³-hybridized carbons (Fsp3) is 0.667. The number of aromatic nitrogens is 2. The van der Waals surface area contributed by atoms with E-state index in [0.29, 0.717) is 24.8 Å². The van der Waals surface area contributed by atoms with Gasteiger partial charge in [0, 0.05) is 25.2 Å². The molecule has 1 aromatic heterocycles. The number of rotatable bonds is 5. The summed E-state index contributed by atoms with van der Waals surface area (Å²) in [6.45, 7) is 5.74. The number of piperidine rings is 1. The zero-order valence-electron chi connectivity index (χ0n) is 12.3. The molecule has 5 heteroatoms. The zero-order chi connectivity index (χ0) is 14.4. The topological polar surface area (TPSA) is 55.3 Å². The van der Waals surface area contributed by atoms with Crippen LogP contribution in [0.25, 0.3) is 0 Å². The third-order valence-electron chi connectivity index (χ3n) is 3.79. The Morgan fingerprint density at radius 3 is 3.15 bits per heavy atom. The minimum absolute atomic E-state index is 0.0290. The predicted molar refractivity (Wildman–Crippen MR) is 76.3 cm³/mol. The maximum atomic E-state index is 12.2. The zero-order valence-corrected chi connectivity index (χ0v) is 12.3. The first kappa shape index (κ1) is 14.8. The van der Waals surface area contributed by atoms with Gasteiger partial charge in [-0.05, 0) is 24.8 Å². The quantitative estimate of drug-likeness (QED) is 0.828. The minimum atomic E-state index is 0.0290. The van der Waals surface area contributed by atoms with Crippen molar-refractivity contribution in [3.63, 3.8) is 0 Å². The molecule has 5 nitrogen and oxygen atoms in total. The van der Waals surface area contributed by atoms with Crippen LogP contribution in [-0.4, -0.2) is 40.2 Å². The van der Waals surface area contributed by atoms with Crippen molar-refractivity contribution in [3.8, 4) is 5.88 Å². The fourth-order valence-corrected chi connectivity index (χ4v) is 2.35. The van der Waals surface area contributed by atoms with E-state index in [-0.39, 0.29) is 12.0 Å². The van der Waals surface area contributed by atoms with Crippen molar-refractivity contribution in [2.24, 2.45) is 5.92 Å². The van der Waals surface area contributed by atoms with Crippen molar-refractivity contribution in [2.75, 3.05) is 13.1 Å². The number of hydrogen-bond acceptors (Lipinski definition) is 4. The Labute approximate surface area is 120 Å². The highest BCUT2D eigenvalue weighted by molar-refractivity contribution is 5.76. The highest BCUT2D eigenvalue weighted by Gasteiger charge is 2.25. The molecule has 1 fully saturated rings. The van der Waals surface area contributed by atoms with Gasteiger partial charge in [-0.15, -0.1) is 5.10 Å². The molecular weight excluding hydrogens is 254 g/mol. The first-order valence-electron chi connectivity index (χ1n) is 7.41. The number of ether oxygens (including phenoxy) is 1. The molecule has 1 aliphatic heterocycles. The third kappa shape index (κ3) is 4.18. The van der Waals surface area contributed by atoms with Gasteiger partial charge in [-0.3, -0.25) is 4.79 Å². The van der Waals surface area contributed by atoms with Crippen molar-refractivity contribution < 1.29 is 9.53 Å². The van der Waals surface area contributed by atoms with Crippen molar-refractivity contribution in [1.82, 2.24) is 15.1 Å². The van der Waals surface area contributed by atoms with Gasteiger partial charge in [-0.25, -0.2) is 0 Å². The Kier molecular flexibility index (Phi) is 5.32. The normalized spacial score (nSPS) is 20.5. The largest absolute Gasteiger partial charge is 0.471 e. The van der Waals surface area contributed by atoms with Crippen LogP contribution in [0.3, 0.4) is 0 Å². The van der Waals surface area contributed by atoms with Crippen LogP contribution in [0.1, 0.15) is 39.5 Å². The van der Waals surface area contributed by atoms with Gasteiger partial charge < -0.3 is 9.64 Å². The van der Waals surface area contributed by atoms with Crippen LogP contribution in [0.15, 0.2) is 18.3 Å². The van der Waals surface area contributed by atoms with Crippen molar-refractivity contribution >= 4 is 5.91 Å². The summed E-state index contributed by atoms with van der Waals surface area (Å²) in [6.07, 6.45) is 5.27. The van der Waals surface area contributed by atoms with Gasteiger partial charge in [0.05, 0.1) is 6.54 Å². The van der Waals surface area contributed by atoms with E-state index in [1.54, 1.807) is 18.3 Å². The minimum Gasteiger partial charge on any atom is -0.471 e. The molecule has 1 aromatic rings. The molecule has 0 radical (unpaired) electrons. The van der Waals surface area contributed by atoms with Gasteiger partial charge in [0.2, 0.25) is 11.8 Å². The summed E-state index contributed by atoms with van der Waals surface area (Å²) in [7, 11) is 0. The van der Waals surface area contributed by atoms with Gasteiger partial charge in [0.25, 0.3) is 0 Å². The second-order valence-corrected chi connectivity index (χ2v) is 5.50. The molecule has 0 saturated carbocycles. The smallest absolute Gasteiger partial charge is 0.233 e. The molecule has 0 N–H and O–H groups in total. The van der Waals surface area contributed by atoms with E-state index in [4.69, 9.17) is 4.74 Å². The van der Waals surface area contributed by atoms with Crippen LogP contribution in [0, 0.1) is 5.92 Å². The lowest BCUT2D eigenvalue weighted by atomic mass is 10.0. The molecule has 110 valence electrons. The Morgan fingerprint density at radius 2 is 2.45 bits per heavy atom. The highest BCUT2D eigenvalue weighted by atomic mass is 16.5. The highest BCUT2D eigenvalue weighted by Crippen LogP contribution is 2.18. The van der Waals surface area contributed by atoms with E-state index in [0.717, 1.165) is 25.8 Å². The molecular formula is C15H23N3O2. The second kappa shape index (κ2) is 7.22. The lowest BCUT2D eigenvalue weighted by molar-refractivity contribution is -0.134. The molecule has 2 heterocycles. The van der Waals surface area contributed by atoms with E-state index < -0.39 is 0 Å². The molecule has 0 bridgehead atoms. The molecule has 2 unspecified atom stereocenters. The van der Waals surface area contributed by atoms with Gasteiger partial charge in [0.15, 0.2) is 0 Å². The monoisotopic (exact) mass is 277 g/mol. The number of hydrogen-bond donors (Lipinski definition) is 0. The first-order chi connectivity index (χ1) is 9.69. The Morgan fingerprint density at radius 1 is 1.60 bits per heavy atom. The summed E-state index contributed by atoms with van der Waals surface area (Å²) in [6, 6.07) is 3.60. The number of nitrogens with zero attached hydrogens (tertiary/aromatic N) is 3. The standard InChI is InChI=1S/C15H23N3O2/c1-3-12(2)10-15(19)18-9-5-6-13(11-18)20-14-7-4-8-16-17-14/h4,7-8,12-13H,3,5-6,9-11H2,1-2H3. The average molecular weight is 277 g/mol. The van der Waals surface area contributed by atoms with Crippen LogP contribution in [0.5, 0.6) is 5.88 Å². The maximum Gasteiger partial charge on any atom is 0.233 e. The summed E-state index contributed by atoms with van der Waals surface area (Å²) in [5, 5.41) is 7.73. The van der Waals surface area contributed by atoms with E-state index in [2.05, 4.69) is 24.0 Å². The molecule has 20 heavy (non-hydrogen) atoms. The third-order valence-corrected chi connectivity index (χ3v) is 3.79. The summed E-state index contributed by atoms with van der Waals surface area (Å²) < 4.78 is 5.80. The van der Waals surface area contributed by atoms with Crippen molar-refractivity contribution in [3.05, 3.63) is 18.3 Å². The van der Waals surface area contributed by atoms with Crippen LogP contribution < -0.4 is 4.74 Å². The number of likely N-dealkylation sites (tertiary alicyclic amines) is 1. The SMILES string of the molecule is CCC(C)CC(=O)N1CCCC(Oc2cccnn2)C1. The van der Waals surface area contributed by atoms with E-state index in [1.165, 1.54) is 0 Å². The van der Waals surface area contributed by atoms with Crippen molar-refractivity contribution in [2.45, 2.75) is 45.6 Å². The van der Waals surface area contributed by atoms with Gasteiger partial charge in [-0.1, -0.05) is 20.3 Å². The van der Waals surface area contributed by atoms with Gasteiger partial charge in [0.1, 0.15) is 6.10 Å². The predicted octanol–water partition coefficient (Wildman–Crippen LogP) is 2.28. The van der Waals surface area contributed by atoms with Gasteiger partial charge >= 0.3 is 0 Å². The average Bonchev–Trinajstić information content (AvgIpc) is 2.48. The molecule has 2 rings (SSSR count). The lowest BCUT2D eigenvalue weighted by Crippen LogP contribution is -2.44. The molecule has 1 aliphatic rings. The molecule has 1 amide bonds. The summed E-state index contributed by atoms with van der Waals surface area (Å²) in [4.78, 5) is 14.1. The number of carbonyl (C=O) groups is 1. The van der Waals surface area contributed by atoms with Crippen LogP contribution in [0.2, 0.25) is 0 Å². The lowest BCUT2D eigenvalue weighted by Gasteiger charge is -2.33. The first-order valence-corrected chi connectivity index (χ1v) is 7.41. The van der Waals surface area contributed by atoms with Crippen LogP contribution in [0.4, 0.5) is 0 Å². The Bertz CT molecular complexity index is 424. The fourth-order valence-electron chi connectivity index (χ4n) is 2.35. The summed E-state index contributed by atoms with van der Waals surface area (Å²) in [5.41, 5.74) is 0. The van der Waals surface area contributed by atoms with Crippen molar-refractivity contribution in [1.29, 1.82) is 0 Å². The number of amides is 1. The molecule has 1 saturated heterocycles. The molecule has 0 aromatic carbocycles. The van der Waals surface area contributed by atoms with Gasteiger partial charge in [-0.2, -0.15) is 5.10 Å². The number of carbonyl (C=O) groups excluding carboxylic acids is 1. The summed E-state index contributed by atoms with van der Waals surface area (Å²) in [5.74, 6) is 1.23. The van der Waals surface area contributed by atoms with Crippen LogP contribution in [-0.2, 0) is 4.79 Å². The Hall–Kier alpha value is -1.65. The molecule has 2 atom stereocenters. The Balaban J connectivity index is 1.87. The summed E-state index contributed by atoms with van der Waals surface area (Å²) >= 11 is 0. The van der Waals surface area contributed by atoms with E-state index in [9.17, 15) is 4.79 Å². The second-order valence-electron chi connectivity index (χ2n) is 5.50. The van der Waals surface area contributed by atoms with E-state index >= 15 is 0 Å². The maximum absolute atomic E-state index is 12.2. The molecule has 0 aliphatic carbocycles. The van der Waals surface area contributed by atoms with E-state index in [1.807, 2.05) is 4.90 Å². The van der Waals surface area contributed by atoms with Crippen LogP contribution >= 0.6 is 0 Å². The molecule has 0 spiro atoms.